The van der Waals surface area contributed by atoms with E-state index in [1.54, 1.807) is 0 Å². The molecule has 0 radical (unpaired) electrons. The highest BCUT2D eigenvalue weighted by Gasteiger charge is 2.28. The zero-order valence-corrected chi connectivity index (χ0v) is 12.6. The summed E-state index contributed by atoms with van der Waals surface area (Å²) in [5, 5.41) is 0. The SMILES string of the molecule is CC(CCN(C)C)N1CCCN2CCCCC2C1. The molecular formula is C15H31N3. The number of fused-ring (bicyclic) bond motifs is 1. The zero-order valence-electron chi connectivity index (χ0n) is 12.6. The Hall–Kier alpha value is -0.120. The fourth-order valence-corrected chi connectivity index (χ4v) is 3.43. The highest BCUT2D eigenvalue weighted by Crippen LogP contribution is 2.22. The van der Waals surface area contributed by atoms with Crippen molar-refractivity contribution in [3.05, 3.63) is 0 Å². The lowest BCUT2D eigenvalue weighted by molar-refractivity contribution is 0.118. The molecule has 0 aromatic carbocycles. The van der Waals surface area contributed by atoms with E-state index in [1.807, 2.05) is 0 Å². The molecule has 0 amide bonds. The maximum Gasteiger partial charge on any atom is 0.0223 e. The van der Waals surface area contributed by atoms with Crippen molar-refractivity contribution in [2.75, 3.05) is 46.8 Å². The van der Waals surface area contributed by atoms with Gasteiger partial charge in [-0.3, -0.25) is 9.80 Å². The first-order valence-corrected chi connectivity index (χ1v) is 7.79. The highest BCUT2D eigenvalue weighted by atomic mass is 15.3. The van der Waals surface area contributed by atoms with Crippen molar-refractivity contribution in [2.45, 2.75) is 51.1 Å². The molecule has 3 heteroatoms. The Morgan fingerprint density at radius 3 is 2.67 bits per heavy atom. The van der Waals surface area contributed by atoms with E-state index in [4.69, 9.17) is 0 Å². The fraction of sp³-hybridized carbons (Fsp3) is 1.00. The maximum absolute atomic E-state index is 2.75. The van der Waals surface area contributed by atoms with Crippen LogP contribution < -0.4 is 0 Å². The summed E-state index contributed by atoms with van der Waals surface area (Å²) in [6.45, 7) is 8.94. The van der Waals surface area contributed by atoms with E-state index in [0.717, 1.165) is 12.1 Å². The Morgan fingerprint density at radius 1 is 1.11 bits per heavy atom. The Bertz CT molecular complexity index is 242. The van der Waals surface area contributed by atoms with Gasteiger partial charge in [-0.2, -0.15) is 0 Å². The van der Waals surface area contributed by atoms with Gasteiger partial charge in [0.1, 0.15) is 0 Å². The number of rotatable bonds is 4. The summed E-state index contributed by atoms with van der Waals surface area (Å²) >= 11 is 0. The number of hydrogen-bond donors (Lipinski definition) is 0. The van der Waals surface area contributed by atoms with Crippen LogP contribution in [0.5, 0.6) is 0 Å². The van der Waals surface area contributed by atoms with E-state index in [-0.39, 0.29) is 0 Å². The normalized spacial score (nSPS) is 29.0. The van der Waals surface area contributed by atoms with Gasteiger partial charge in [-0.1, -0.05) is 6.42 Å². The minimum absolute atomic E-state index is 0.745. The lowest BCUT2D eigenvalue weighted by Gasteiger charge is -2.37. The molecule has 2 heterocycles. The van der Waals surface area contributed by atoms with Crippen LogP contribution in [-0.2, 0) is 0 Å². The van der Waals surface area contributed by atoms with Gasteiger partial charge < -0.3 is 4.90 Å². The number of hydrogen-bond acceptors (Lipinski definition) is 3. The topological polar surface area (TPSA) is 9.72 Å². The first-order valence-electron chi connectivity index (χ1n) is 7.79. The van der Waals surface area contributed by atoms with Crippen LogP contribution >= 0.6 is 0 Å². The molecule has 2 aliphatic heterocycles. The molecular weight excluding hydrogens is 222 g/mol. The monoisotopic (exact) mass is 253 g/mol. The van der Waals surface area contributed by atoms with Crippen LogP contribution in [0.2, 0.25) is 0 Å². The van der Waals surface area contributed by atoms with E-state index < -0.39 is 0 Å². The molecule has 0 N–H and O–H groups in total. The second kappa shape index (κ2) is 6.88. The second-order valence-electron chi connectivity index (χ2n) is 6.48. The minimum atomic E-state index is 0.745. The minimum Gasteiger partial charge on any atom is -0.309 e. The summed E-state index contributed by atoms with van der Waals surface area (Å²) in [5.41, 5.74) is 0. The summed E-state index contributed by atoms with van der Waals surface area (Å²) in [4.78, 5) is 7.81. The molecule has 0 bridgehead atoms. The van der Waals surface area contributed by atoms with Gasteiger partial charge in [0.15, 0.2) is 0 Å². The Morgan fingerprint density at radius 2 is 1.89 bits per heavy atom. The van der Waals surface area contributed by atoms with Gasteiger partial charge in [0.25, 0.3) is 0 Å². The van der Waals surface area contributed by atoms with E-state index >= 15 is 0 Å². The maximum atomic E-state index is 2.75. The quantitative estimate of drug-likeness (QED) is 0.757. The molecule has 2 aliphatic rings. The molecule has 0 aromatic heterocycles. The Kier molecular flexibility index (Phi) is 5.46. The first-order chi connectivity index (χ1) is 8.66. The third-order valence-corrected chi connectivity index (χ3v) is 4.70. The zero-order chi connectivity index (χ0) is 13.0. The average Bonchev–Trinajstić information content (AvgIpc) is 2.57. The molecule has 18 heavy (non-hydrogen) atoms. The van der Waals surface area contributed by atoms with Crippen molar-refractivity contribution in [2.24, 2.45) is 0 Å². The van der Waals surface area contributed by atoms with Gasteiger partial charge in [-0.05, 0) is 72.9 Å². The van der Waals surface area contributed by atoms with E-state index in [9.17, 15) is 0 Å². The Labute approximate surface area is 113 Å². The van der Waals surface area contributed by atoms with Crippen LogP contribution in [0.15, 0.2) is 0 Å². The average molecular weight is 253 g/mol. The van der Waals surface area contributed by atoms with Crippen LogP contribution in [0.1, 0.15) is 39.0 Å². The van der Waals surface area contributed by atoms with Gasteiger partial charge in [0.2, 0.25) is 0 Å². The smallest absolute Gasteiger partial charge is 0.0223 e. The van der Waals surface area contributed by atoms with Crippen LogP contribution in [-0.4, -0.2) is 73.6 Å². The van der Waals surface area contributed by atoms with Crippen LogP contribution in [0.3, 0.4) is 0 Å². The van der Waals surface area contributed by atoms with Gasteiger partial charge in [0, 0.05) is 18.6 Å². The summed E-state index contributed by atoms with van der Waals surface area (Å²) < 4.78 is 0. The van der Waals surface area contributed by atoms with Crippen molar-refractivity contribution in [1.29, 1.82) is 0 Å². The summed E-state index contributed by atoms with van der Waals surface area (Å²) in [5.74, 6) is 0. The molecule has 106 valence electrons. The predicted octanol–water partition coefficient (Wildman–Crippen LogP) is 1.89. The van der Waals surface area contributed by atoms with Crippen LogP contribution in [0, 0.1) is 0 Å². The molecule has 2 fully saturated rings. The highest BCUT2D eigenvalue weighted by molar-refractivity contribution is 4.85. The van der Waals surface area contributed by atoms with Gasteiger partial charge >= 0.3 is 0 Å². The number of nitrogens with zero attached hydrogens (tertiary/aromatic N) is 3. The van der Waals surface area contributed by atoms with Crippen LogP contribution in [0.25, 0.3) is 0 Å². The van der Waals surface area contributed by atoms with Crippen molar-refractivity contribution in [3.63, 3.8) is 0 Å². The molecule has 2 unspecified atom stereocenters. The first kappa shape index (κ1) is 14.3. The molecule has 3 nitrogen and oxygen atoms in total. The largest absolute Gasteiger partial charge is 0.309 e. The third kappa shape index (κ3) is 3.94. The van der Waals surface area contributed by atoms with E-state index in [0.29, 0.717) is 0 Å². The number of piperidine rings is 1. The molecule has 2 atom stereocenters. The lowest BCUT2D eigenvalue weighted by atomic mass is 10.0. The predicted molar refractivity (Wildman–Crippen MR) is 78.0 cm³/mol. The summed E-state index contributed by atoms with van der Waals surface area (Å²) in [7, 11) is 4.36. The van der Waals surface area contributed by atoms with Crippen LogP contribution in [0.4, 0.5) is 0 Å². The molecule has 0 saturated carbocycles. The molecule has 2 rings (SSSR count). The summed E-state index contributed by atoms with van der Waals surface area (Å²) in [6, 6.07) is 1.59. The fourth-order valence-electron chi connectivity index (χ4n) is 3.43. The van der Waals surface area contributed by atoms with Crippen molar-refractivity contribution in [3.8, 4) is 0 Å². The van der Waals surface area contributed by atoms with Gasteiger partial charge in [-0.15, -0.1) is 0 Å². The standard InChI is InChI=1S/C15H31N3/c1-14(8-12-16(2)3)18-11-6-10-17-9-5-4-7-15(17)13-18/h14-15H,4-13H2,1-3H3. The third-order valence-electron chi connectivity index (χ3n) is 4.70. The van der Waals surface area contributed by atoms with E-state index in [2.05, 4.69) is 35.7 Å². The Balaban J connectivity index is 1.84. The van der Waals surface area contributed by atoms with Crippen molar-refractivity contribution >= 4 is 0 Å². The van der Waals surface area contributed by atoms with Crippen molar-refractivity contribution < 1.29 is 0 Å². The molecule has 0 spiro atoms. The lowest BCUT2D eigenvalue weighted by Crippen LogP contribution is -2.46. The molecule has 0 aliphatic carbocycles. The molecule has 0 aromatic rings. The van der Waals surface area contributed by atoms with E-state index in [1.165, 1.54) is 64.8 Å². The summed E-state index contributed by atoms with van der Waals surface area (Å²) in [6.07, 6.45) is 6.97. The van der Waals surface area contributed by atoms with Crippen molar-refractivity contribution in [1.82, 2.24) is 14.7 Å². The van der Waals surface area contributed by atoms with Gasteiger partial charge in [-0.25, -0.2) is 0 Å². The molecule has 2 saturated heterocycles. The second-order valence-corrected chi connectivity index (χ2v) is 6.48. The van der Waals surface area contributed by atoms with Gasteiger partial charge in [0.05, 0.1) is 0 Å².